The van der Waals surface area contributed by atoms with E-state index in [0.717, 1.165) is 24.2 Å². The zero-order chi connectivity index (χ0) is 13.1. The van der Waals surface area contributed by atoms with Crippen LogP contribution in [0.2, 0.25) is 0 Å². The average Bonchev–Trinajstić information content (AvgIpc) is 2.67. The van der Waals surface area contributed by atoms with E-state index in [1.807, 2.05) is 13.1 Å². The number of hydrogen-bond donors (Lipinski definition) is 2. The second-order valence-electron chi connectivity index (χ2n) is 5.48. The topological polar surface area (TPSA) is 41.1 Å². The second-order valence-corrected chi connectivity index (χ2v) is 5.48. The molecule has 1 amide bonds. The van der Waals surface area contributed by atoms with E-state index >= 15 is 0 Å². The number of anilines is 1. The first-order chi connectivity index (χ1) is 8.60. The molecule has 1 aliphatic rings. The lowest BCUT2D eigenvalue weighted by Crippen LogP contribution is -2.25. The van der Waals surface area contributed by atoms with Crippen LogP contribution in [0.4, 0.5) is 5.69 Å². The largest absolute Gasteiger partial charge is 0.326 e. The molecule has 1 aliphatic heterocycles. The molecule has 0 spiro atoms. The monoisotopic (exact) mass is 246 g/mol. The van der Waals surface area contributed by atoms with Gasteiger partial charge in [0.1, 0.15) is 0 Å². The minimum atomic E-state index is 0.109. The number of carbonyl (C=O) groups is 1. The lowest BCUT2D eigenvalue weighted by molar-refractivity contribution is -0.115. The zero-order valence-corrected chi connectivity index (χ0v) is 11.4. The molecule has 18 heavy (non-hydrogen) atoms. The van der Waals surface area contributed by atoms with Crippen LogP contribution >= 0.6 is 0 Å². The van der Waals surface area contributed by atoms with Crippen molar-refractivity contribution >= 4 is 11.6 Å². The first kappa shape index (κ1) is 13.1. The normalized spacial score (nSPS) is 15.7. The van der Waals surface area contributed by atoms with Crippen molar-refractivity contribution in [2.24, 2.45) is 11.8 Å². The Kier molecular flexibility index (Phi) is 4.02. The van der Waals surface area contributed by atoms with Gasteiger partial charge in [0.25, 0.3) is 0 Å². The fourth-order valence-electron chi connectivity index (χ4n) is 2.52. The molecule has 1 aromatic carbocycles. The van der Waals surface area contributed by atoms with Gasteiger partial charge in [-0.1, -0.05) is 26.0 Å². The summed E-state index contributed by atoms with van der Waals surface area (Å²) in [4.78, 5) is 11.3. The standard InChI is InChI=1S/C15H22N2O/c1-10(2)13(9-16-3)7-11-4-5-14-12(6-11)8-15(18)17-14/h4-6,10,13,16H,7-9H2,1-3H3,(H,17,18). The summed E-state index contributed by atoms with van der Waals surface area (Å²) in [5, 5.41) is 6.14. The zero-order valence-electron chi connectivity index (χ0n) is 11.4. The van der Waals surface area contributed by atoms with Crippen molar-refractivity contribution in [1.82, 2.24) is 5.32 Å². The Morgan fingerprint density at radius 2 is 2.17 bits per heavy atom. The highest BCUT2D eigenvalue weighted by atomic mass is 16.1. The van der Waals surface area contributed by atoms with Gasteiger partial charge in [-0.25, -0.2) is 0 Å². The van der Waals surface area contributed by atoms with Gasteiger partial charge in [-0.15, -0.1) is 0 Å². The maximum absolute atomic E-state index is 11.3. The molecular formula is C15H22N2O. The Bertz CT molecular complexity index is 440. The Hall–Kier alpha value is -1.35. The number of nitrogens with one attached hydrogen (secondary N) is 2. The lowest BCUT2D eigenvalue weighted by Gasteiger charge is -2.20. The number of benzene rings is 1. The molecule has 0 fully saturated rings. The summed E-state index contributed by atoms with van der Waals surface area (Å²) in [5.41, 5.74) is 3.46. The SMILES string of the molecule is CNCC(Cc1ccc2c(c1)CC(=O)N2)C(C)C. The fourth-order valence-corrected chi connectivity index (χ4v) is 2.52. The molecule has 0 saturated heterocycles. The van der Waals surface area contributed by atoms with Crippen molar-refractivity contribution in [3.8, 4) is 0 Å². The van der Waals surface area contributed by atoms with E-state index < -0.39 is 0 Å². The number of amides is 1. The molecular weight excluding hydrogens is 224 g/mol. The van der Waals surface area contributed by atoms with Crippen LogP contribution in [0.25, 0.3) is 0 Å². The van der Waals surface area contributed by atoms with E-state index in [1.54, 1.807) is 0 Å². The van der Waals surface area contributed by atoms with Crippen LogP contribution in [-0.2, 0) is 17.6 Å². The van der Waals surface area contributed by atoms with Gasteiger partial charge in [-0.05, 0) is 49.0 Å². The van der Waals surface area contributed by atoms with E-state index in [1.165, 1.54) is 5.56 Å². The summed E-state index contributed by atoms with van der Waals surface area (Å²) in [6.07, 6.45) is 1.60. The van der Waals surface area contributed by atoms with Crippen LogP contribution < -0.4 is 10.6 Å². The van der Waals surface area contributed by atoms with Crippen LogP contribution in [0.5, 0.6) is 0 Å². The molecule has 0 radical (unpaired) electrons. The smallest absolute Gasteiger partial charge is 0.228 e. The third-order valence-corrected chi connectivity index (χ3v) is 3.70. The molecule has 2 N–H and O–H groups in total. The van der Waals surface area contributed by atoms with Crippen LogP contribution in [-0.4, -0.2) is 19.5 Å². The molecule has 0 bridgehead atoms. The highest BCUT2D eigenvalue weighted by Gasteiger charge is 2.19. The first-order valence-corrected chi connectivity index (χ1v) is 6.66. The highest BCUT2D eigenvalue weighted by Crippen LogP contribution is 2.26. The van der Waals surface area contributed by atoms with Crippen molar-refractivity contribution in [1.29, 1.82) is 0 Å². The second kappa shape index (κ2) is 5.53. The summed E-state index contributed by atoms with van der Waals surface area (Å²) in [7, 11) is 2.00. The molecule has 1 unspecified atom stereocenters. The van der Waals surface area contributed by atoms with E-state index in [4.69, 9.17) is 0 Å². The third kappa shape index (κ3) is 2.91. The molecule has 1 aromatic rings. The van der Waals surface area contributed by atoms with Gasteiger partial charge >= 0.3 is 0 Å². The van der Waals surface area contributed by atoms with Crippen LogP contribution in [0.1, 0.15) is 25.0 Å². The Morgan fingerprint density at radius 1 is 1.39 bits per heavy atom. The van der Waals surface area contributed by atoms with E-state index in [0.29, 0.717) is 18.3 Å². The molecule has 2 rings (SSSR count). The quantitative estimate of drug-likeness (QED) is 0.836. The van der Waals surface area contributed by atoms with Crippen LogP contribution in [0, 0.1) is 11.8 Å². The molecule has 3 heteroatoms. The molecule has 0 saturated carbocycles. The third-order valence-electron chi connectivity index (χ3n) is 3.70. The Morgan fingerprint density at radius 3 is 2.83 bits per heavy atom. The summed E-state index contributed by atoms with van der Waals surface area (Å²) in [6.45, 7) is 5.56. The van der Waals surface area contributed by atoms with Crippen LogP contribution in [0.3, 0.4) is 0 Å². The van der Waals surface area contributed by atoms with E-state index in [-0.39, 0.29) is 5.91 Å². The number of rotatable bonds is 5. The number of carbonyl (C=O) groups excluding carboxylic acids is 1. The van der Waals surface area contributed by atoms with E-state index in [2.05, 4.69) is 36.6 Å². The van der Waals surface area contributed by atoms with Crippen molar-refractivity contribution < 1.29 is 4.79 Å². The maximum atomic E-state index is 11.3. The molecule has 1 heterocycles. The number of hydrogen-bond acceptors (Lipinski definition) is 2. The number of fused-ring (bicyclic) bond motifs is 1. The Balaban J connectivity index is 2.10. The fraction of sp³-hybridized carbons (Fsp3) is 0.533. The summed E-state index contributed by atoms with van der Waals surface area (Å²) in [5.74, 6) is 1.40. The molecule has 0 aliphatic carbocycles. The molecule has 98 valence electrons. The van der Waals surface area contributed by atoms with Crippen molar-refractivity contribution in [3.05, 3.63) is 29.3 Å². The molecule has 3 nitrogen and oxygen atoms in total. The van der Waals surface area contributed by atoms with Crippen molar-refractivity contribution in [2.75, 3.05) is 18.9 Å². The van der Waals surface area contributed by atoms with Crippen molar-refractivity contribution in [2.45, 2.75) is 26.7 Å². The highest BCUT2D eigenvalue weighted by molar-refractivity contribution is 5.99. The van der Waals surface area contributed by atoms with Crippen LogP contribution in [0.15, 0.2) is 18.2 Å². The summed E-state index contributed by atoms with van der Waals surface area (Å²) >= 11 is 0. The summed E-state index contributed by atoms with van der Waals surface area (Å²) in [6, 6.07) is 6.35. The molecule has 1 atom stereocenters. The van der Waals surface area contributed by atoms with Gasteiger partial charge in [-0.2, -0.15) is 0 Å². The van der Waals surface area contributed by atoms with Gasteiger partial charge in [0.15, 0.2) is 0 Å². The van der Waals surface area contributed by atoms with Gasteiger partial charge in [-0.3, -0.25) is 4.79 Å². The minimum Gasteiger partial charge on any atom is -0.326 e. The Labute approximate surface area is 109 Å². The predicted molar refractivity (Wildman–Crippen MR) is 74.7 cm³/mol. The predicted octanol–water partition coefficient (Wildman–Crippen LogP) is 2.22. The van der Waals surface area contributed by atoms with Gasteiger partial charge in [0.05, 0.1) is 6.42 Å². The average molecular weight is 246 g/mol. The summed E-state index contributed by atoms with van der Waals surface area (Å²) < 4.78 is 0. The van der Waals surface area contributed by atoms with Gasteiger partial charge < -0.3 is 10.6 Å². The van der Waals surface area contributed by atoms with E-state index in [9.17, 15) is 4.79 Å². The lowest BCUT2D eigenvalue weighted by atomic mass is 9.88. The van der Waals surface area contributed by atoms with Gasteiger partial charge in [0.2, 0.25) is 5.91 Å². The van der Waals surface area contributed by atoms with Crippen molar-refractivity contribution in [3.63, 3.8) is 0 Å². The minimum absolute atomic E-state index is 0.109. The van der Waals surface area contributed by atoms with Gasteiger partial charge in [0, 0.05) is 5.69 Å². The molecule has 0 aromatic heterocycles. The maximum Gasteiger partial charge on any atom is 0.228 e. The first-order valence-electron chi connectivity index (χ1n) is 6.66.